The van der Waals surface area contributed by atoms with Crippen LogP contribution in [0.15, 0.2) is 18.3 Å². The molecule has 1 aromatic rings. The summed E-state index contributed by atoms with van der Waals surface area (Å²) in [5.41, 5.74) is 0.509. The lowest BCUT2D eigenvalue weighted by Gasteiger charge is -2.09. The Morgan fingerprint density at radius 3 is 2.89 bits per heavy atom. The molecule has 1 N–H and O–H groups in total. The van der Waals surface area contributed by atoms with Gasteiger partial charge in [-0.15, -0.1) is 0 Å². The average molecular weight is 250 g/mol. The van der Waals surface area contributed by atoms with Crippen LogP contribution in [0.1, 0.15) is 49.9 Å². The van der Waals surface area contributed by atoms with Crippen LogP contribution in [0, 0.1) is 0 Å². The van der Waals surface area contributed by atoms with E-state index in [1.54, 1.807) is 25.3 Å². The fraction of sp³-hybridized carbons (Fsp3) is 0.571. The van der Waals surface area contributed by atoms with Gasteiger partial charge in [0, 0.05) is 12.7 Å². The van der Waals surface area contributed by atoms with Crippen molar-refractivity contribution in [2.45, 2.75) is 39.5 Å². The first-order chi connectivity index (χ1) is 8.79. The largest absolute Gasteiger partial charge is 0.462 e. The third kappa shape index (κ3) is 4.73. The second-order valence-electron chi connectivity index (χ2n) is 4.11. The lowest BCUT2D eigenvalue weighted by Crippen LogP contribution is -2.12. The smallest absolute Gasteiger partial charge is 0.341 e. The molecular weight excluding hydrogens is 228 g/mol. The lowest BCUT2D eigenvalue weighted by molar-refractivity contribution is 0.0527. The predicted molar refractivity (Wildman–Crippen MR) is 72.8 cm³/mol. The number of unbranched alkanes of at least 4 members (excludes halogenated alkanes) is 3. The summed E-state index contributed by atoms with van der Waals surface area (Å²) in [6.07, 6.45) is 6.43. The summed E-state index contributed by atoms with van der Waals surface area (Å²) in [6.45, 7) is 5.20. The Bertz CT molecular complexity index is 367. The Hall–Kier alpha value is -1.58. The maximum atomic E-state index is 11.7. The molecule has 0 unspecified atom stereocenters. The summed E-state index contributed by atoms with van der Waals surface area (Å²) < 4.78 is 4.99. The number of hydrogen-bond donors (Lipinski definition) is 1. The van der Waals surface area contributed by atoms with Crippen molar-refractivity contribution in [1.29, 1.82) is 0 Å². The van der Waals surface area contributed by atoms with Crippen LogP contribution in [0.5, 0.6) is 0 Å². The van der Waals surface area contributed by atoms with Crippen LogP contribution in [0.25, 0.3) is 0 Å². The van der Waals surface area contributed by atoms with E-state index < -0.39 is 0 Å². The van der Waals surface area contributed by atoms with E-state index in [2.05, 4.69) is 17.2 Å². The van der Waals surface area contributed by atoms with Crippen molar-refractivity contribution in [1.82, 2.24) is 4.98 Å². The SMILES string of the molecule is CCCCCCNc1ncccc1C(=O)OCC. The summed E-state index contributed by atoms with van der Waals surface area (Å²) in [5.74, 6) is 0.300. The molecule has 0 saturated heterocycles. The molecule has 0 aliphatic carbocycles. The van der Waals surface area contributed by atoms with Gasteiger partial charge in [0.05, 0.1) is 6.61 Å². The highest BCUT2D eigenvalue weighted by Gasteiger charge is 2.12. The van der Waals surface area contributed by atoms with E-state index in [1.807, 2.05) is 0 Å². The Morgan fingerprint density at radius 2 is 2.17 bits per heavy atom. The molecule has 1 aromatic heterocycles. The van der Waals surface area contributed by atoms with E-state index in [0.717, 1.165) is 13.0 Å². The second kappa shape index (κ2) is 8.50. The normalized spacial score (nSPS) is 10.1. The number of nitrogens with zero attached hydrogens (tertiary/aromatic N) is 1. The highest BCUT2D eigenvalue weighted by Crippen LogP contribution is 2.13. The lowest BCUT2D eigenvalue weighted by atomic mass is 10.2. The van der Waals surface area contributed by atoms with Crippen molar-refractivity contribution in [3.8, 4) is 0 Å². The Balaban J connectivity index is 2.51. The minimum Gasteiger partial charge on any atom is -0.462 e. The zero-order valence-electron chi connectivity index (χ0n) is 11.2. The number of carbonyl (C=O) groups excluding carboxylic acids is 1. The predicted octanol–water partition coefficient (Wildman–Crippen LogP) is 3.25. The molecule has 4 heteroatoms. The van der Waals surface area contributed by atoms with Crippen LogP contribution in [-0.2, 0) is 4.74 Å². The minimum atomic E-state index is -0.318. The topological polar surface area (TPSA) is 51.2 Å². The highest BCUT2D eigenvalue weighted by molar-refractivity contribution is 5.94. The van der Waals surface area contributed by atoms with Gasteiger partial charge in [-0.1, -0.05) is 26.2 Å². The van der Waals surface area contributed by atoms with Gasteiger partial charge in [-0.25, -0.2) is 9.78 Å². The summed E-state index contributed by atoms with van der Waals surface area (Å²) in [5, 5.41) is 3.20. The number of pyridine rings is 1. The molecule has 0 radical (unpaired) electrons. The van der Waals surface area contributed by atoms with Crippen LogP contribution >= 0.6 is 0 Å². The fourth-order valence-electron chi connectivity index (χ4n) is 1.68. The van der Waals surface area contributed by atoms with Crippen molar-refractivity contribution in [3.63, 3.8) is 0 Å². The van der Waals surface area contributed by atoms with Crippen LogP contribution in [-0.4, -0.2) is 24.1 Å². The van der Waals surface area contributed by atoms with Gasteiger partial charge >= 0.3 is 5.97 Å². The zero-order chi connectivity index (χ0) is 13.2. The monoisotopic (exact) mass is 250 g/mol. The van der Waals surface area contributed by atoms with Crippen molar-refractivity contribution in [3.05, 3.63) is 23.9 Å². The number of esters is 1. The highest BCUT2D eigenvalue weighted by atomic mass is 16.5. The van der Waals surface area contributed by atoms with Crippen molar-refractivity contribution < 1.29 is 9.53 Å². The number of aromatic nitrogens is 1. The van der Waals surface area contributed by atoms with E-state index in [9.17, 15) is 4.79 Å². The Morgan fingerprint density at radius 1 is 1.33 bits per heavy atom. The fourth-order valence-corrected chi connectivity index (χ4v) is 1.68. The van der Waals surface area contributed by atoms with Gasteiger partial charge in [0.25, 0.3) is 0 Å². The van der Waals surface area contributed by atoms with E-state index in [4.69, 9.17) is 4.74 Å². The molecule has 1 rings (SSSR count). The van der Waals surface area contributed by atoms with E-state index in [0.29, 0.717) is 18.0 Å². The first kappa shape index (κ1) is 14.5. The van der Waals surface area contributed by atoms with Gasteiger partial charge in [0.15, 0.2) is 0 Å². The molecule has 0 aliphatic heterocycles. The minimum absolute atomic E-state index is 0.318. The second-order valence-corrected chi connectivity index (χ2v) is 4.11. The van der Waals surface area contributed by atoms with Crippen LogP contribution in [0.2, 0.25) is 0 Å². The Labute approximate surface area is 109 Å². The standard InChI is InChI=1S/C14H22N2O2/c1-3-5-6-7-10-15-13-12(9-8-11-16-13)14(17)18-4-2/h8-9,11H,3-7,10H2,1-2H3,(H,15,16). The zero-order valence-corrected chi connectivity index (χ0v) is 11.2. The van der Waals surface area contributed by atoms with E-state index in [-0.39, 0.29) is 5.97 Å². The number of nitrogens with one attached hydrogen (secondary N) is 1. The molecule has 0 aliphatic rings. The van der Waals surface area contributed by atoms with Crippen molar-refractivity contribution in [2.75, 3.05) is 18.5 Å². The summed E-state index contributed by atoms with van der Waals surface area (Å²) >= 11 is 0. The van der Waals surface area contributed by atoms with E-state index in [1.165, 1.54) is 19.3 Å². The van der Waals surface area contributed by atoms with Gasteiger partial charge in [0.1, 0.15) is 11.4 Å². The number of carbonyl (C=O) groups is 1. The van der Waals surface area contributed by atoms with Crippen molar-refractivity contribution in [2.24, 2.45) is 0 Å². The molecule has 4 nitrogen and oxygen atoms in total. The molecule has 0 aromatic carbocycles. The summed E-state index contributed by atoms with van der Waals surface area (Å²) in [4.78, 5) is 15.9. The van der Waals surface area contributed by atoms with E-state index >= 15 is 0 Å². The molecule has 100 valence electrons. The quantitative estimate of drug-likeness (QED) is 0.568. The van der Waals surface area contributed by atoms with Gasteiger partial charge in [-0.2, -0.15) is 0 Å². The molecule has 0 amide bonds. The number of anilines is 1. The van der Waals surface area contributed by atoms with Gasteiger partial charge in [-0.05, 0) is 25.5 Å². The Kier molecular flexibility index (Phi) is 6.84. The molecule has 18 heavy (non-hydrogen) atoms. The van der Waals surface area contributed by atoms with Gasteiger partial charge in [-0.3, -0.25) is 0 Å². The third-order valence-electron chi connectivity index (χ3n) is 2.63. The van der Waals surface area contributed by atoms with Crippen LogP contribution in [0.3, 0.4) is 0 Å². The number of ether oxygens (including phenoxy) is 1. The van der Waals surface area contributed by atoms with Gasteiger partial charge < -0.3 is 10.1 Å². The molecule has 0 atom stereocenters. The molecule has 0 spiro atoms. The summed E-state index contributed by atoms with van der Waals surface area (Å²) in [6, 6.07) is 3.48. The maximum Gasteiger partial charge on any atom is 0.341 e. The first-order valence-electron chi connectivity index (χ1n) is 6.65. The molecule has 1 heterocycles. The maximum absolute atomic E-state index is 11.7. The van der Waals surface area contributed by atoms with Crippen molar-refractivity contribution >= 4 is 11.8 Å². The van der Waals surface area contributed by atoms with Crippen LogP contribution in [0.4, 0.5) is 5.82 Å². The summed E-state index contributed by atoms with van der Waals surface area (Å²) in [7, 11) is 0. The third-order valence-corrected chi connectivity index (χ3v) is 2.63. The van der Waals surface area contributed by atoms with Gasteiger partial charge in [0.2, 0.25) is 0 Å². The van der Waals surface area contributed by atoms with Crippen LogP contribution < -0.4 is 5.32 Å². The molecule has 0 saturated carbocycles. The molecular formula is C14H22N2O2. The number of hydrogen-bond acceptors (Lipinski definition) is 4. The number of rotatable bonds is 8. The average Bonchev–Trinajstić information content (AvgIpc) is 2.39. The molecule has 0 bridgehead atoms. The molecule has 0 fully saturated rings. The first-order valence-corrected chi connectivity index (χ1v) is 6.65.